The van der Waals surface area contributed by atoms with Crippen molar-refractivity contribution >= 4 is 21.5 Å². The van der Waals surface area contributed by atoms with Gasteiger partial charge in [-0.15, -0.1) is 57.9 Å². The van der Waals surface area contributed by atoms with Gasteiger partial charge in [-0.05, 0) is 74.2 Å². The van der Waals surface area contributed by atoms with E-state index in [1.54, 1.807) is 0 Å². The predicted molar refractivity (Wildman–Crippen MR) is 222 cm³/mol. The van der Waals surface area contributed by atoms with Crippen molar-refractivity contribution in [3.8, 4) is 44.9 Å². The molecule has 0 amide bonds. The minimum Gasteiger partial charge on any atom is -1.00 e. The van der Waals surface area contributed by atoms with Crippen LogP contribution in [0, 0.1) is 27.7 Å². The van der Waals surface area contributed by atoms with Crippen LogP contribution in [0.5, 0.6) is 0 Å². The van der Waals surface area contributed by atoms with E-state index in [1.807, 2.05) is 0 Å². The summed E-state index contributed by atoms with van der Waals surface area (Å²) in [5.41, 5.74) is 12.9. The van der Waals surface area contributed by atoms with Crippen molar-refractivity contribution < 1.29 is 59.9 Å². The van der Waals surface area contributed by atoms with Gasteiger partial charge in [-0.2, -0.15) is 0 Å². The molecule has 0 N–H and O–H groups in total. The fourth-order valence-electron chi connectivity index (χ4n) is 7.24. The number of furan rings is 2. The topological polar surface area (TPSA) is 26.3 Å². The molecular weight excluding hydrogens is 795 g/mol. The van der Waals surface area contributed by atoms with Crippen molar-refractivity contribution in [1.82, 2.24) is 0 Å². The fraction of sp³-hybridized carbons (Fsp3) is 0.240. The number of rotatable bonds is 4. The minimum atomic E-state index is 0. The molecule has 0 radical (unpaired) electrons. The van der Waals surface area contributed by atoms with Crippen molar-refractivity contribution in [3.63, 3.8) is 0 Å². The largest absolute Gasteiger partial charge is 4.00 e. The third-order valence-electron chi connectivity index (χ3n) is 10.4. The first kappa shape index (κ1) is 43.8. The first-order valence-electron chi connectivity index (χ1n) is 18.4. The van der Waals surface area contributed by atoms with Crippen LogP contribution in [0.25, 0.3) is 66.4 Å². The molecule has 0 aliphatic rings. The summed E-state index contributed by atoms with van der Waals surface area (Å²) in [5, 5.41) is 5.14. The molecule has 55 heavy (non-hydrogen) atoms. The molecule has 8 rings (SSSR count). The molecule has 0 fully saturated rings. The summed E-state index contributed by atoms with van der Waals surface area (Å²) in [6.07, 6.45) is 0. The quantitative estimate of drug-likeness (QED) is 0.166. The fourth-order valence-corrected chi connectivity index (χ4v) is 7.24. The van der Waals surface area contributed by atoms with Crippen LogP contribution in [0.4, 0.5) is 0 Å². The molecule has 0 aliphatic heterocycles. The van der Waals surface area contributed by atoms with Gasteiger partial charge in [0.15, 0.2) is 0 Å². The molecule has 0 spiro atoms. The Balaban J connectivity index is 0.000000232. The van der Waals surface area contributed by atoms with Crippen LogP contribution < -0.4 is 24.8 Å². The normalized spacial score (nSPS) is 11.4. The summed E-state index contributed by atoms with van der Waals surface area (Å²) >= 11 is 0. The van der Waals surface area contributed by atoms with E-state index in [-0.39, 0.29) is 61.8 Å². The summed E-state index contributed by atoms with van der Waals surface area (Å²) in [4.78, 5) is 0. The van der Waals surface area contributed by atoms with E-state index in [1.165, 1.54) is 66.1 Å². The maximum atomic E-state index is 6.17. The first-order valence-corrected chi connectivity index (χ1v) is 18.4. The van der Waals surface area contributed by atoms with Crippen LogP contribution in [0.15, 0.2) is 130 Å². The Bertz CT molecular complexity index is 2330. The maximum absolute atomic E-state index is 6.17. The van der Waals surface area contributed by atoms with Gasteiger partial charge in [-0.25, -0.2) is 0 Å². The van der Waals surface area contributed by atoms with Crippen LogP contribution in [-0.4, -0.2) is 0 Å². The number of hydrogen-bond donors (Lipinski definition) is 0. The number of fused-ring (bicyclic) bond motifs is 2. The summed E-state index contributed by atoms with van der Waals surface area (Å²) in [6.45, 7) is 21.9. The molecule has 0 bridgehead atoms. The zero-order chi connectivity index (χ0) is 36.9. The smallest absolute Gasteiger partial charge is 1.00 e. The maximum Gasteiger partial charge on any atom is 4.00 e. The van der Waals surface area contributed by atoms with Gasteiger partial charge in [-0.3, -0.25) is 0 Å². The van der Waals surface area contributed by atoms with Crippen molar-refractivity contribution in [2.75, 3.05) is 0 Å². The molecule has 0 unspecified atom stereocenters. The molecule has 5 heteroatoms. The third-order valence-corrected chi connectivity index (χ3v) is 10.4. The van der Waals surface area contributed by atoms with E-state index in [0.717, 1.165) is 34.2 Å². The van der Waals surface area contributed by atoms with Crippen LogP contribution in [0.3, 0.4) is 0 Å². The zero-order valence-electron chi connectivity index (χ0n) is 33.6. The summed E-state index contributed by atoms with van der Waals surface area (Å²) in [7, 11) is 0. The molecule has 0 atom stereocenters. The van der Waals surface area contributed by atoms with Gasteiger partial charge in [0.05, 0.1) is 23.0 Å². The number of halogens is 2. The minimum absolute atomic E-state index is 0. The van der Waals surface area contributed by atoms with Crippen LogP contribution in [-0.2, 0) is 37.0 Å². The molecule has 2 aromatic heterocycles. The third kappa shape index (κ3) is 8.91. The van der Waals surface area contributed by atoms with Gasteiger partial charge in [0, 0.05) is 10.8 Å². The Morgan fingerprint density at radius 2 is 0.800 bits per heavy atom. The predicted octanol–water partition coefficient (Wildman–Crippen LogP) is 8.81. The summed E-state index contributed by atoms with van der Waals surface area (Å²) in [6, 6.07) is 43.3. The second-order valence-corrected chi connectivity index (χ2v) is 16.4. The molecule has 280 valence electrons. The molecule has 8 aromatic rings. The summed E-state index contributed by atoms with van der Waals surface area (Å²) in [5.74, 6) is 3.93. The Morgan fingerprint density at radius 3 is 1.11 bits per heavy atom. The van der Waals surface area contributed by atoms with Crippen molar-refractivity contribution in [2.24, 2.45) is 0 Å². The van der Waals surface area contributed by atoms with E-state index in [4.69, 9.17) is 8.83 Å². The van der Waals surface area contributed by atoms with Gasteiger partial charge in [0.2, 0.25) is 0 Å². The Labute approximate surface area is 359 Å². The molecule has 0 aliphatic carbocycles. The monoisotopic (exact) mass is 842 g/mol. The van der Waals surface area contributed by atoms with Crippen LogP contribution >= 0.6 is 0 Å². The van der Waals surface area contributed by atoms with Crippen molar-refractivity contribution in [2.45, 2.75) is 80.1 Å². The molecule has 0 saturated heterocycles. The molecule has 6 aromatic carbocycles. The van der Waals surface area contributed by atoms with Gasteiger partial charge < -0.3 is 33.6 Å². The van der Waals surface area contributed by atoms with E-state index in [9.17, 15) is 0 Å². The van der Waals surface area contributed by atoms with Crippen molar-refractivity contribution in [1.29, 1.82) is 0 Å². The second-order valence-electron chi connectivity index (χ2n) is 16.4. The second kappa shape index (κ2) is 17.1. The Kier molecular flexibility index (Phi) is 13.6. The van der Waals surface area contributed by atoms with E-state index in [2.05, 4.69) is 191 Å². The van der Waals surface area contributed by atoms with Crippen molar-refractivity contribution in [3.05, 3.63) is 155 Å². The molecular formula is C50H50Cl2O2Zr. The number of hydrogen-bond acceptors (Lipinski definition) is 2. The molecule has 0 saturated carbocycles. The Morgan fingerprint density at radius 1 is 0.455 bits per heavy atom. The number of aryl methyl sites for hydroxylation is 2. The van der Waals surface area contributed by atoms with E-state index >= 15 is 0 Å². The number of benzene rings is 4. The standard InChI is InChI=1S/2C25H25O.2ClH.Zr/c2*1-16-13-19-14-20(22-11-12-23(26-22)25(3,4)5)15-21(19)24(17(16)2)18-9-7-6-8-10-18;;;/h2*6-15H,1-5H3;2*1H;/q2*-1;;;+4/p-2. The van der Waals surface area contributed by atoms with E-state index in [0.29, 0.717) is 0 Å². The molecule has 2 heterocycles. The average molecular weight is 845 g/mol. The zero-order valence-corrected chi connectivity index (χ0v) is 37.6. The SMILES string of the molecule is Cc1cc2[cH-]c(-c3ccc(C(C)(C)C)o3)cc2c(-c2ccccc2)c1C.Cc1cc2[cH-]c(-c3ccc(C(C)(C)C)o3)cc2c(-c2ccccc2)c1C.[Cl-].[Cl-].[Zr+4]. The Hall–Kier alpha value is -3.88. The van der Waals surface area contributed by atoms with E-state index < -0.39 is 0 Å². The van der Waals surface area contributed by atoms with Crippen LogP contribution in [0.2, 0.25) is 0 Å². The van der Waals surface area contributed by atoms with Gasteiger partial charge in [-0.1, -0.05) is 136 Å². The first-order chi connectivity index (χ1) is 24.7. The average Bonchev–Trinajstić information content (AvgIpc) is 3.92. The van der Waals surface area contributed by atoms with Crippen LogP contribution in [0.1, 0.15) is 75.3 Å². The molecule has 2 nitrogen and oxygen atoms in total. The van der Waals surface area contributed by atoms with Gasteiger partial charge >= 0.3 is 26.2 Å². The summed E-state index contributed by atoms with van der Waals surface area (Å²) < 4.78 is 12.3. The van der Waals surface area contributed by atoms with Gasteiger partial charge in [0.25, 0.3) is 0 Å². The van der Waals surface area contributed by atoms with Gasteiger partial charge in [0.1, 0.15) is 0 Å².